The van der Waals surface area contributed by atoms with Gasteiger partial charge in [-0.05, 0) is 12.1 Å². The van der Waals surface area contributed by atoms with Crippen molar-refractivity contribution in [2.75, 3.05) is 7.11 Å². The molecule has 0 saturated carbocycles. The summed E-state index contributed by atoms with van der Waals surface area (Å²) in [4.78, 5) is 15.0. The molecule has 0 atom stereocenters. The smallest absolute Gasteiger partial charge is 0.349 e. The topological polar surface area (TPSA) is 63.0 Å². The van der Waals surface area contributed by atoms with Crippen LogP contribution in [0.15, 0.2) is 40.4 Å². The van der Waals surface area contributed by atoms with Gasteiger partial charge in [0.1, 0.15) is 16.7 Å². The molecule has 76 valence electrons. The Morgan fingerprint density at radius 2 is 2.47 bits per heavy atom. The Kier molecular flexibility index (Phi) is 4.38. The number of aromatic nitrogens is 1. The standard InChI is InChI=1S/C10H8N2O2S/c1-14-10(13)8(6-11)7-15-9-4-2-3-5-12-9/h2-5,7H,1H3/b8-7+. The van der Waals surface area contributed by atoms with Crippen LogP contribution in [0.4, 0.5) is 0 Å². The van der Waals surface area contributed by atoms with Gasteiger partial charge < -0.3 is 4.74 Å². The molecule has 0 amide bonds. The summed E-state index contributed by atoms with van der Waals surface area (Å²) < 4.78 is 4.43. The highest BCUT2D eigenvalue weighted by molar-refractivity contribution is 8.02. The molecule has 1 rings (SSSR count). The lowest BCUT2D eigenvalue weighted by Gasteiger charge is -1.96. The maximum absolute atomic E-state index is 11.0. The van der Waals surface area contributed by atoms with E-state index in [2.05, 4.69) is 9.72 Å². The molecular weight excluding hydrogens is 212 g/mol. The van der Waals surface area contributed by atoms with Crippen LogP contribution < -0.4 is 0 Å². The van der Waals surface area contributed by atoms with Crippen molar-refractivity contribution in [2.24, 2.45) is 0 Å². The zero-order chi connectivity index (χ0) is 11.1. The van der Waals surface area contributed by atoms with Gasteiger partial charge in [-0.2, -0.15) is 5.26 Å². The Balaban J connectivity index is 2.72. The van der Waals surface area contributed by atoms with Crippen molar-refractivity contribution < 1.29 is 9.53 Å². The van der Waals surface area contributed by atoms with Crippen molar-refractivity contribution in [3.63, 3.8) is 0 Å². The molecule has 0 aliphatic carbocycles. The quantitative estimate of drug-likeness (QED) is 0.336. The molecule has 0 N–H and O–H groups in total. The number of hydrogen-bond acceptors (Lipinski definition) is 5. The summed E-state index contributed by atoms with van der Waals surface area (Å²) in [5, 5.41) is 10.8. The van der Waals surface area contributed by atoms with Crippen LogP contribution in [0.2, 0.25) is 0 Å². The van der Waals surface area contributed by atoms with Gasteiger partial charge in [-0.15, -0.1) is 0 Å². The van der Waals surface area contributed by atoms with Gasteiger partial charge >= 0.3 is 5.97 Å². The Hall–Kier alpha value is -1.80. The number of nitriles is 1. The lowest BCUT2D eigenvalue weighted by molar-refractivity contribution is -0.135. The Morgan fingerprint density at radius 3 is 3.00 bits per heavy atom. The third-order valence-electron chi connectivity index (χ3n) is 1.46. The minimum absolute atomic E-state index is 0.0341. The molecule has 0 fully saturated rings. The first kappa shape index (κ1) is 11.3. The summed E-state index contributed by atoms with van der Waals surface area (Å²) in [6, 6.07) is 7.16. The van der Waals surface area contributed by atoms with Crippen LogP contribution in [0.3, 0.4) is 0 Å². The van der Waals surface area contributed by atoms with Crippen molar-refractivity contribution in [3.8, 4) is 6.07 Å². The summed E-state index contributed by atoms with van der Waals surface area (Å²) >= 11 is 1.20. The molecule has 1 aromatic heterocycles. The first-order valence-corrected chi connectivity index (χ1v) is 4.92. The van der Waals surface area contributed by atoms with Crippen LogP contribution in [-0.2, 0) is 9.53 Å². The monoisotopic (exact) mass is 220 g/mol. The Morgan fingerprint density at radius 1 is 1.67 bits per heavy atom. The highest BCUT2D eigenvalue weighted by Crippen LogP contribution is 2.17. The molecule has 0 aliphatic rings. The van der Waals surface area contributed by atoms with Crippen molar-refractivity contribution >= 4 is 17.7 Å². The maximum Gasteiger partial charge on any atom is 0.349 e. The summed E-state index contributed by atoms with van der Waals surface area (Å²) in [6.07, 6.45) is 1.64. The van der Waals surface area contributed by atoms with Crippen LogP contribution >= 0.6 is 11.8 Å². The van der Waals surface area contributed by atoms with E-state index in [1.54, 1.807) is 24.4 Å². The second-order valence-electron chi connectivity index (χ2n) is 2.42. The molecule has 0 spiro atoms. The fraction of sp³-hybridized carbons (Fsp3) is 0.100. The second-order valence-corrected chi connectivity index (χ2v) is 3.31. The fourth-order valence-corrected chi connectivity index (χ4v) is 1.43. The lowest BCUT2D eigenvalue weighted by Crippen LogP contribution is -2.02. The number of carbonyl (C=O) groups is 1. The normalized spacial score (nSPS) is 10.5. The van der Waals surface area contributed by atoms with Crippen LogP contribution in [0.25, 0.3) is 0 Å². The van der Waals surface area contributed by atoms with E-state index in [1.165, 1.54) is 24.3 Å². The maximum atomic E-state index is 11.0. The van der Waals surface area contributed by atoms with E-state index in [-0.39, 0.29) is 5.57 Å². The van der Waals surface area contributed by atoms with Gasteiger partial charge in [0.25, 0.3) is 0 Å². The minimum atomic E-state index is -0.638. The number of esters is 1. The molecule has 0 bridgehead atoms. The van der Waals surface area contributed by atoms with Gasteiger partial charge in [0.05, 0.1) is 7.11 Å². The molecule has 1 aromatic rings. The molecule has 5 heteroatoms. The molecule has 0 radical (unpaired) electrons. The second kappa shape index (κ2) is 5.83. The van der Waals surface area contributed by atoms with Gasteiger partial charge in [-0.3, -0.25) is 0 Å². The number of thioether (sulfide) groups is 1. The summed E-state index contributed by atoms with van der Waals surface area (Å²) in [7, 11) is 1.24. The van der Waals surface area contributed by atoms with Gasteiger partial charge in [-0.25, -0.2) is 9.78 Å². The SMILES string of the molecule is COC(=O)/C(C#N)=C/Sc1ccccn1. The number of nitrogens with zero attached hydrogens (tertiary/aromatic N) is 2. The number of ether oxygens (including phenoxy) is 1. The third kappa shape index (κ3) is 3.44. The lowest BCUT2D eigenvalue weighted by atomic mass is 10.3. The minimum Gasteiger partial charge on any atom is -0.465 e. The zero-order valence-electron chi connectivity index (χ0n) is 8.01. The summed E-state index contributed by atoms with van der Waals surface area (Å²) in [5.41, 5.74) is -0.0341. The van der Waals surface area contributed by atoms with E-state index in [0.29, 0.717) is 5.03 Å². The van der Waals surface area contributed by atoms with Gasteiger partial charge in [-0.1, -0.05) is 17.8 Å². The molecule has 1 heterocycles. The van der Waals surface area contributed by atoms with Gasteiger partial charge in [0.15, 0.2) is 0 Å². The number of pyridine rings is 1. The molecule has 0 aliphatic heterocycles. The molecule has 0 saturated heterocycles. The highest BCUT2D eigenvalue weighted by atomic mass is 32.2. The van der Waals surface area contributed by atoms with E-state index in [9.17, 15) is 4.79 Å². The predicted molar refractivity (Wildman–Crippen MR) is 55.8 cm³/mol. The molecule has 0 unspecified atom stereocenters. The predicted octanol–water partition coefficient (Wildman–Crippen LogP) is 1.75. The largest absolute Gasteiger partial charge is 0.465 e. The van der Waals surface area contributed by atoms with E-state index in [1.807, 2.05) is 6.07 Å². The van der Waals surface area contributed by atoms with Crippen LogP contribution in [0.5, 0.6) is 0 Å². The van der Waals surface area contributed by atoms with Crippen molar-refractivity contribution in [2.45, 2.75) is 5.03 Å². The van der Waals surface area contributed by atoms with Crippen molar-refractivity contribution in [1.29, 1.82) is 5.26 Å². The number of carbonyl (C=O) groups excluding carboxylic acids is 1. The van der Waals surface area contributed by atoms with E-state index >= 15 is 0 Å². The third-order valence-corrected chi connectivity index (χ3v) is 2.30. The highest BCUT2D eigenvalue weighted by Gasteiger charge is 2.07. The number of methoxy groups -OCH3 is 1. The van der Waals surface area contributed by atoms with E-state index in [4.69, 9.17) is 5.26 Å². The number of rotatable bonds is 3. The summed E-state index contributed by atoms with van der Waals surface area (Å²) in [6.45, 7) is 0. The number of hydrogen-bond donors (Lipinski definition) is 0. The Bertz CT molecular complexity index is 409. The van der Waals surface area contributed by atoms with E-state index < -0.39 is 5.97 Å². The van der Waals surface area contributed by atoms with Crippen molar-refractivity contribution in [3.05, 3.63) is 35.4 Å². The van der Waals surface area contributed by atoms with E-state index in [0.717, 1.165) is 0 Å². The fourth-order valence-electron chi connectivity index (χ4n) is 0.766. The molecule has 15 heavy (non-hydrogen) atoms. The van der Waals surface area contributed by atoms with Crippen LogP contribution in [-0.4, -0.2) is 18.1 Å². The average molecular weight is 220 g/mol. The Labute approximate surface area is 91.6 Å². The van der Waals surface area contributed by atoms with Crippen LogP contribution in [0.1, 0.15) is 0 Å². The van der Waals surface area contributed by atoms with Crippen molar-refractivity contribution in [1.82, 2.24) is 4.98 Å². The molecule has 4 nitrogen and oxygen atoms in total. The average Bonchev–Trinajstić information content (AvgIpc) is 2.31. The molecular formula is C10H8N2O2S. The first-order valence-electron chi connectivity index (χ1n) is 4.04. The summed E-state index contributed by atoms with van der Waals surface area (Å²) in [5.74, 6) is -0.638. The first-order chi connectivity index (χ1) is 7.27. The molecule has 0 aromatic carbocycles. The zero-order valence-corrected chi connectivity index (χ0v) is 8.82. The van der Waals surface area contributed by atoms with Gasteiger partial charge in [0.2, 0.25) is 0 Å². The van der Waals surface area contributed by atoms with Gasteiger partial charge in [0, 0.05) is 11.6 Å². The van der Waals surface area contributed by atoms with Crippen LogP contribution in [0, 0.1) is 11.3 Å².